The molecule has 3 heteroatoms. The van der Waals surface area contributed by atoms with Crippen LogP contribution in [0.2, 0.25) is 0 Å². The van der Waals surface area contributed by atoms with Gasteiger partial charge < -0.3 is 4.74 Å². The third kappa shape index (κ3) is 1.95. The summed E-state index contributed by atoms with van der Waals surface area (Å²) in [5, 5.41) is 3.48. The summed E-state index contributed by atoms with van der Waals surface area (Å²) in [6, 6.07) is 0. The molecule has 2 aliphatic rings. The molecule has 0 aromatic rings. The zero-order chi connectivity index (χ0) is 8.39. The molecule has 2 rings (SSSR count). The van der Waals surface area contributed by atoms with Gasteiger partial charge in [-0.2, -0.15) is 11.8 Å². The van der Waals surface area contributed by atoms with Crippen LogP contribution in [0.3, 0.4) is 0 Å². The topological polar surface area (TPSA) is 21.3 Å². The summed E-state index contributed by atoms with van der Waals surface area (Å²) < 4.78 is 5.75. The zero-order valence-corrected chi connectivity index (χ0v) is 8.40. The first-order chi connectivity index (χ1) is 5.86. The molecular weight excluding hydrogens is 170 g/mol. The molecule has 0 spiro atoms. The number of hydrogen-bond donors (Lipinski definition) is 1. The summed E-state index contributed by atoms with van der Waals surface area (Å²) in [6.45, 7) is 4.30. The van der Waals surface area contributed by atoms with Gasteiger partial charge >= 0.3 is 0 Å². The molecular formula is C9H17NOS. The van der Waals surface area contributed by atoms with Gasteiger partial charge in [-0.1, -0.05) is 6.92 Å². The maximum Gasteiger partial charge on any atom is 0.111 e. The Balaban J connectivity index is 1.80. The van der Waals surface area contributed by atoms with E-state index < -0.39 is 0 Å². The van der Waals surface area contributed by atoms with Crippen molar-refractivity contribution in [1.82, 2.24) is 5.32 Å². The molecule has 2 heterocycles. The lowest BCUT2D eigenvalue weighted by atomic mass is 10.0. The van der Waals surface area contributed by atoms with Crippen molar-refractivity contribution in [3.8, 4) is 0 Å². The van der Waals surface area contributed by atoms with E-state index in [1.54, 1.807) is 0 Å². The second kappa shape index (κ2) is 3.99. The monoisotopic (exact) mass is 187 g/mol. The molecule has 0 radical (unpaired) electrons. The summed E-state index contributed by atoms with van der Waals surface area (Å²) in [7, 11) is 0. The van der Waals surface area contributed by atoms with Crippen molar-refractivity contribution in [2.75, 3.05) is 24.7 Å². The van der Waals surface area contributed by atoms with Crippen molar-refractivity contribution in [1.29, 1.82) is 0 Å². The van der Waals surface area contributed by atoms with Crippen LogP contribution in [0.25, 0.3) is 0 Å². The molecule has 0 bridgehead atoms. The van der Waals surface area contributed by atoms with Gasteiger partial charge in [0.05, 0.1) is 6.61 Å². The van der Waals surface area contributed by atoms with E-state index in [1.807, 2.05) is 0 Å². The van der Waals surface area contributed by atoms with Crippen LogP contribution in [0, 0.1) is 11.8 Å². The van der Waals surface area contributed by atoms with Gasteiger partial charge in [0.25, 0.3) is 0 Å². The molecule has 1 N–H and O–H groups in total. The van der Waals surface area contributed by atoms with Crippen LogP contribution < -0.4 is 5.32 Å². The van der Waals surface area contributed by atoms with Crippen molar-refractivity contribution in [2.24, 2.45) is 11.8 Å². The Morgan fingerprint density at radius 1 is 1.50 bits per heavy atom. The minimum Gasteiger partial charge on any atom is -0.363 e. The second-order valence-electron chi connectivity index (χ2n) is 3.89. The minimum atomic E-state index is 0.358. The summed E-state index contributed by atoms with van der Waals surface area (Å²) in [4.78, 5) is 0. The number of hydrogen-bond acceptors (Lipinski definition) is 3. The van der Waals surface area contributed by atoms with E-state index in [0.717, 1.165) is 19.1 Å². The molecule has 70 valence electrons. The third-order valence-electron chi connectivity index (χ3n) is 2.62. The van der Waals surface area contributed by atoms with E-state index >= 15 is 0 Å². The highest BCUT2D eigenvalue weighted by molar-refractivity contribution is 7.99. The lowest BCUT2D eigenvalue weighted by molar-refractivity contribution is -0.0505. The molecule has 0 amide bonds. The highest BCUT2D eigenvalue weighted by atomic mass is 32.2. The molecule has 2 nitrogen and oxygen atoms in total. The van der Waals surface area contributed by atoms with Gasteiger partial charge in [-0.15, -0.1) is 0 Å². The molecule has 2 aliphatic heterocycles. The van der Waals surface area contributed by atoms with Crippen molar-refractivity contribution < 1.29 is 4.74 Å². The Morgan fingerprint density at radius 3 is 3.00 bits per heavy atom. The normalized spacial score (nSPS) is 43.2. The average molecular weight is 187 g/mol. The highest BCUT2D eigenvalue weighted by Crippen LogP contribution is 2.27. The lowest BCUT2D eigenvalue weighted by Gasteiger charge is -2.31. The van der Waals surface area contributed by atoms with Crippen LogP contribution in [0.1, 0.15) is 13.3 Å². The van der Waals surface area contributed by atoms with Crippen LogP contribution >= 0.6 is 11.8 Å². The van der Waals surface area contributed by atoms with Gasteiger partial charge in [0.2, 0.25) is 0 Å². The van der Waals surface area contributed by atoms with Crippen molar-refractivity contribution in [3.05, 3.63) is 0 Å². The van der Waals surface area contributed by atoms with E-state index in [-0.39, 0.29) is 0 Å². The SMILES string of the molecule is CC1CNC(C2CCSC2)OC1. The maximum atomic E-state index is 5.75. The van der Waals surface area contributed by atoms with Crippen molar-refractivity contribution in [3.63, 3.8) is 0 Å². The average Bonchev–Trinajstić information content (AvgIpc) is 2.58. The fourth-order valence-electron chi connectivity index (χ4n) is 1.80. The zero-order valence-electron chi connectivity index (χ0n) is 7.58. The Labute approximate surface area is 78.4 Å². The highest BCUT2D eigenvalue weighted by Gasteiger charge is 2.28. The Morgan fingerprint density at radius 2 is 2.42 bits per heavy atom. The largest absolute Gasteiger partial charge is 0.363 e. The molecule has 3 atom stereocenters. The minimum absolute atomic E-state index is 0.358. The predicted molar refractivity (Wildman–Crippen MR) is 52.3 cm³/mol. The summed E-state index contributed by atoms with van der Waals surface area (Å²) in [5.74, 6) is 4.06. The fraction of sp³-hybridized carbons (Fsp3) is 1.00. The van der Waals surface area contributed by atoms with Crippen molar-refractivity contribution in [2.45, 2.75) is 19.6 Å². The molecule has 0 aromatic heterocycles. The number of thioether (sulfide) groups is 1. The first-order valence-corrected chi connectivity index (χ1v) is 5.94. The molecule has 0 saturated carbocycles. The summed E-state index contributed by atoms with van der Waals surface area (Å²) in [5.41, 5.74) is 0. The van der Waals surface area contributed by atoms with E-state index in [4.69, 9.17) is 4.74 Å². The number of nitrogens with one attached hydrogen (secondary N) is 1. The fourth-order valence-corrected chi connectivity index (χ4v) is 3.08. The Bertz CT molecular complexity index is 139. The van der Waals surface area contributed by atoms with Crippen LogP contribution in [0.15, 0.2) is 0 Å². The quantitative estimate of drug-likeness (QED) is 0.669. The van der Waals surface area contributed by atoms with Crippen LogP contribution in [0.4, 0.5) is 0 Å². The summed E-state index contributed by atoms with van der Waals surface area (Å²) >= 11 is 2.06. The molecule has 12 heavy (non-hydrogen) atoms. The molecule has 0 aliphatic carbocycles. The standard InChI is InChI=1S/C9H17NOS/c1-7-4-10-9(11-5-7)8-2-3-12-6-8/h7-10H,2-6H2,1H3. The van der Waals surface area contributed by atoms with E-state index in [0.29, 0.717) is 12.1 Å². The van der Waals surface area contributed by atoms with Gasteiger partial charge in [0.15, 0.2) is 0 Å². The van der Waals surface area contributed by atoms with Crippen LogP contribution in [-0.2, 0) is 4.74 Å². The Hall–Kier alpha value is 0.270. The van der Waals surface area contributed by atoms with Gasteiger partial charge in [-0.05, 0) is 23.8 Å². The van der Waals surface area contributed by atoms with Gasteiger partial charge in [0.1, 0.15) is 6.23 Å². The smallest absolute Gasteiger partial charge is 0.111 e. The lowest BCUT2D eigenvalue weighted by Crippen LogP contribution is -2.46. The number of rotatable bonds is 1. The van der Waals surface area contributed by atoms with Crippen LogP contribution in [-0.4, -0.2) is 30.9 Å². The molecule has 0 aromatic carbocycles. The van der Waals surface area contributed by atoms with Crippen molar-refractivity contribution >= 4 is 11.8 Å². The van der Waals surface area contributed by atoms with Gasteiger partial charge in [-0.3, -0.25) is 5.32 Å². The summed E-state index contributed by atoms with van der Waals surface area (Å²) in [6.07, 6.45) is 1.69. The number of ether oxygens (including phenoxy) is 1. The van der Waals surface area contributed by atoms with Gasteiger partial charge in [0, 0.05) is 12.5 Å². The van der Waals surface area contributed by atoms with E-state index in [1.165, 1.54) is 17.9 Å². The first kappa shape index (κ1) is 8.85. The third-order valence-corrected chi connectivity index (χ3v) is 3.81. The molecule has 2 saturated heterocycles. The van der Waals surface area contributed by atoms with E-state index in [9.17, 15) is 0 Å². The van der Waals surface area contributed by atoms with Crippen LogP contribution in [0.5, 0.6) is 0 Å². The molecule has 2 fully saturated rings. The Kier molecular flexibility index (Phi) is 2.94. The van der Waals surface area contributed by atoms with E-state index in [2.05, 4.69) is 24.0 Å². The predicted octanol–water partition coefficient (Wildman–Crippen LogP) is 1.32. The van der Waals surface area contributed by atoms with Gasteiger partial charge in [-0.25, -0.2) is 0 Å². The molecule has 3 unspecified atom stereocenters. The maximum absolute atomic E-state index is 5.75. The first-order valence-electron chi connectivity index (χ1n) is 4.79. The second-order valence-corrected chi connectivity index (χ2v) is 5.04.